The summed E-state index contributed by atoms with van der Waals surface area (Å²) in [6.45, 7) is 1.96. The summed E-state index contributed by atoms with van der Waals surface area (Å²) in [4.78, 5) is 20.6. The van der Waals surface area contributed by atoms with Gasteiger partial charge in [0.2, 0.25) is 0 Å². The third kappa shape index (κ3) is 2.84. The number of rotatable bonds is 3. The van der Waals surface area contributed by atoms with E-state index in [1.54, 1.807) is 24.6 Å². The molecule has 0 aliphatic carbocycles. The number of nitrogens with one attached hydrogen (secondary N) is 1. The summed E-state index contributed by atoms with van der Waals surface area (Å²) in [7, 11) is 1.64. The highest BCUT2D eigenvalue weighted by molar-refractivity contribution is 7.15. The predicted octanol–water partition coefficient (Wildman–Crippen LogP) is 2.94. The molecule has 1 aliphatic heterocycles. The second kappa shape index (κ2) is 5.90. The highest BCUT2D eigenvalue weighted by Crippen LogP contribution is 2.25. The van der Waals surface area contributed by atoms with Crippen LogP contribution in [-0.4, -0.2) is 29.6 Å². The summed E-state index contributed by atoms with van der Waals surface area (Å²) < 4.78 is 5.04. The Morgan fingerprint density at radius 1 is 1.60 bits per heavy atom. The van der Waals surface area contributed by atoms with Crippen molar-refractivity contribution in [2.45, 2.75) is 19.6 Å². The maximum atomic E-state index is 12.2. The number of hydrogen-bond donors (Lipinski definition) is 1. The molecule has 0 saturated heterocycles. The SMILES string of the molecule is COCc1cnc(NC(=O)N2CCc3sccc3C2)s1. The molecular weight excluding hydrogens is 294 g/mol. The largest absolute Gasteiger partial charge is 0.379 e. The number of thiazole rings is 1. The van der Waals surface area contributed by atoms with Crippen molar-refractivity contribution < 1.29 is 9.53 Å². The Morgan fingerprint density at radius 2 is 2.50 bits per heavy atom. The van der Waals surface area contributed by atoms with Crippen LogP contribution >= 0.6 is 22.7 Å². The Kier molecular flexibility index (Phi) is 4.00. The third-order valence-electron chi connectivity index (χ3n) is 3.15. The maximum Gasteiger partial charge on any atom is 0.323 e. The van der Waals surface area contributed by atoms with Crippen LogP contribution in [-0.2, 0) is 24.3 Å². The van der Waals surface area contributed by atoms with Crippen LogP contribution in [0.5, 0.6) is 0 Å². The highest BCUT2D eigenvalue weighted by Gasteiger charge is 2.22. The number of ether oxygens (including phenoxy) is 1. The number of hydrogen-bond acceptors (Lipinski definition) is 5. The van der Waals surface area contributed by atoms with Gasteiger partial charge in [0.25, 0.3) is 0 Å². The molecule has 0 radical (unpaired) electrons. The van der Waals surface area contributed by atoms with Crippen LogP contribution in [0.1, 0.15) is 15.3 Å². The number of anilines is 1. The lowest BCUT2D eigenvalue weighted by Crippen LogP contribution is -2.38. The van der Waals surface area contributed by atoms with E-state index in [0.29, 0.717) is 18.3 Å². The molecule has 0 atom stereocenters. The first-order valence-electron chi connectivity index (χ1n) is 6.31. The Hall–Kier alpha value is -1.44. The van der Waals surface area contributed by atoms with Crippen LogP contribution in [0.4, 0.5) is 9.93 Å². The van der Waals surface area contributed by atoms with E-state index in [1.165, 1.54) is 21.8 Å². The first-order valence-corrected chi connectivity index (χ1v) is 8.00. The van der Waals surface area contributed by atoms with Crippen LogP contribution in [0.15, 0.2) is 17.6 Å². The lowest BCUT2D eigenvalue weighted by Gasteiger charge is -2.26. The second-order valence-corrected chi connectivity index (χ2v) is 6.65. The van der Waals surface area contributed by atoms with E-state index in [1.807, 2.05) is 4.90 Å². The van der Waals surface area contributed by atoms with Gasteiger partial charge < -0.3 is 9.64 Å². The zero-order valence-corrected chi connectivity index (χ0v) is 12.7. The summed E-state index contributed by atoms with van der Waals surface area (Å²) in [5.41, 5.74) is 1.26. The molecule has 2 aromatic rings. The fourth-order valence-corrected chi connectivity index (χ4v) is 3.83. The lowest BCUT2D eigenvalue weighted by atomic mass is 10.1. The van der Waals surface area contributed by atoms with E-state index in [0.717, 1.165) is 17.8 Å². The molecule has 2 aromatic heterocycles. The Bertz CT molecular complexity index is 608. The van der Waals surface area contributed by atoms with Crippen LogP contribution in [0, 0.1) is 0 Å². The Labute approximate surface area is 125 Å². The maximum absolute atomic E-state index is 12.2. The van der Waals surface area contributed by atoms with Crippen molar-refractivity contribution in [3.05, 3.63) is 33.0 Å². The molecule has 5 nitrogen and oxygen atoms in total. The van der Waals surface area contributed by atoms with Gasteiger partial charge in [-0.2, -0.15) is 0 Å². The number of methoxy groups -OCH3 is 1. The minimum atomic E-state index is -0.0832. The van der Waals surface area contributed by atoms with Gasteiger partial charge in [0.05, 0.1) is 11.5 Å². The third-order valence-corrected chi connectivity index (χ3v) is 5.06. The zero-order valence-electron chi connectivity index (χ0n) is 11.1. The van der Waals surface area contributed by atoms with Gasteiger partial charge in [-0.1, -0.05) is 11.3 Å². The minimum Gasteiger partial charge on any atom is -0.379 e. The highest BCUT2D eigenvalue weighted by atomic mass is 32.1. The normalized spacial score (nSPS) is 14.2. The Balaban J connectivity index is 1.62. The molecule has 0 bridgehead atoms. The van der Waals surface area contributed by atoms with Crippen LogP contribution < -0.4 is 5.32 Å². The topological polar surface area (TPSA) is 54.5 Å². The van der Waals surface area contributed by atoms with Gasteiger partial charge in [-0.3, -0.25) is 5.32 Å². The van der Waals surface area contributed by atoms with E-state index < -0.39 is 0 Å². The number of thiophene rings is 1. The molecule has 1 N–H and O–H groups in total. The van der Waals surface area contributed by atoms with Crippen molar-refractivity contribution in [3.63, 3.8) is 0 Å². The fourth-order valence-electron chi connectivity index (χ4n) is 2.17. The molecule has 3 rings (SSSR count). The van der Waals surface area contributed by atoms with Gasteiger partial charge in [0, 0.05) is 31.3 Å². The number of fused-ring (bicyclic) bond motifs is 1. The second-order valence-electron chi connectivity index (χ2n) is 4.54. The van der Waals surface area contributed by atoms with Crippen molar-refractivity contribution in [2.24, 2.45) is 0 Å². The summed E-state index contributed by atoms with van der Waals surface area (Å²) >= 11 is 3.21. The van der Waals surface area contributed by atoms with Crippen LogP contribution in [0.3, 0.4) is 0 Å². The fraction of sp³-hybridized carbons (Fsp3) is 0.385. The summed E-state index contributed by atoms with van der Waals surface area (Å²) in [6.07, 6.45) is 2.67. The van der Waals surface area contributed by atoms with Gasteiger partial charge >= 0.3 is 6.03 Å². The van der Waals surface area contributed by atoms with Crippen molar-refractivity contribution in [3.8, 4) is 0 Å². The van der Waals surface area contributed by atoms with E-state index in [4.69, 9.17) is 4.74 Å². The van der Waals surface area contributed by atoms with Crippen molar-refractivity contribution in [1.82, 2.24) is 9.88 Å². The minimum absolute atomic E-state index is 0.0832. The average molecular weight is 309 g/mol. The molecule has 2 amide bonds. The lowest BCUT2D eigenvalue weighted by molar-refractivity contribution is 0.187. The van der Waals surface area contributed by atoms with Crippen LogP contribution in [0.25, 0.3) is 0 Å². The first kappa shape index (κ1) is 13.5. The monoisotopic (exact) mass is 309 g/mol. The molecule has 0 spiro atoms. The number of aromatic nitrogens is 1. The van der Waals surface area contributed by atoms with Crippen molar-refractivity contribution in [2.75, 3.05) is 19.0 Å². The van der Waals surface area contributed by atoms with Crippen molar-refractivity contribution >= 4 is 33.8 Å². The van der Waals surface area contributed by atoms with E-state index in [-0.39, 0.29) is 6.03 Å². The number of nitrogens with zero attached hydrogens (tertiary/aromatic N) is 2. The molecular formula is C13H15N3O2S2. The quantitative estimate of drug-likeness (QED) is 0.948. The summed E-state index contributed by atoms with van der Waals surface area (Å²) in [5, 5.41) is 5.57. The van der Waals surface area contributed by atoms with Crippen molar-refractivity contribution in [1.29, 1.82) is 0 Å². The first-order chi connectivity index (χ1) is 9.76. The summed E-state index contributed by atoms with van der Waals surface area (Å²) in [5.74, 6) is 0. The molecule has 7 heteroatoms. The number of urea groups is 1. The molecule has 0 aromatic carbocycles. The number of carbonyl (C=O) groups excluding carboxylic acids is 1. The molecule has 0 unspecified atom stereocenters. The van der Waals surface area contributed by atoms with Gasteiger partial charge in [-0.15, -0.1) is 11.3 Å². The molecule has 0 fully saturated rings. The van der Waals surface area contributed by atoms with Gasteiger partial charge in [-0.05, 0) is 23.4 Å². The van der Waals surface area contributed by atoms with Crippen LogP contribution in [0.2, 0.25) is 0 Å². The molecule has 3 heterocycles. The molecule has 1 aliphatic rings. The molecule has 0 saturated carbocycles. The molecule has 20 heavy (non-hydrogen) atoms. The predicted molar refractivity (Wildman–Crippen MR) is 80.3 cm³/mol. The Morgan fingerprint density at radius 3 is 3.35 bits per heavy atom. The number of carbonyl (C=O) groups is 1. The van der Waals surface area contributed by atoms with E-state index >= 15 is 0 Å². The zero-order chi connectivity index (χ0) is 13.9. The number of amides is 2. The smallest absolute Gasteiger partial charge is 0.323 e. The van der Waals surface area contributed by atoms with Gasteiger partial charge in [0.15, 0.2) is 5.13 Å². The summed E-state index contributed by atoms with van der Waals surface area (Å²) in [6, 6.07) is 2.01. The average Bonchev–Trinajstić information content (AvgIpc) is 3.07. The van der Waals surface area contributed by atoms with Gasteiger partial charge in [0.1, 0.15) is 0 Å². The molecule has 106 valence electrons. The van der Waals surface area contributed by atoms with E-state index in [2.05, 4.69) is 21.7 Å². The van der Waals surface area contributed by atoms with E-state index in [9.17, 15) is 4.79 Å². The standard InChI is InChI=1S/C13H15N3O2S2/c1-18-8-10-6-14-12(20-10)15-13(17)16-4-2-11-9(7-16)3-5-19-11/h3,5-6H,2,4,7-8H2,1H3,(H,14,15,17). The van der Waals surface area contributed by atoms with Gasteiger partial charge in [-0.25, -0.2) is 9.78 Å².